The molecule has 0 amide bonds. The van der Waals surface area contributed by atoms with Gasteiger partial charge >= 0.3 is 11.6 Å². The Hall–Kier alpha value is -3.26. The van der Waals surface area contributed by atoms with Crippen LogP contribution in [-0.4, -0.2) is 19.9 Å². The first-order valence-corrected chi connectivity index (χ1v) is 7.96. The predicted octanol–water partition coefficient (Wildman–Crippen LogP) is 4.59. The van der Waals surface area contributed by atoms with Crippen LogP contribution in [0.25, 0.3) is 0 Å². The summed E-state index contributed by atoms with van der Waals surface area (Å²) in [6, 6.07) is 10.2. The quantitative estimate of drug-likeness (QED) is 0.516. The zero-order chi connectivity index (χ0) is 18.7. The first-order valence-electron chi connectivity index (χ1n) is 7.58. The number of hydrogen-bond acceptors (Lipinski definition) is 7. The lowest BCUT2D eigenvalue weighted by atomic mass is 10.2. The number of anilines is 2. The normalized spacial score (nSPS) is 10.4. The number of aromatic nitrogens is 3. The van der Waals surface area contributed by atoms with Crippen molar-refractivity contribution in [3.63, 3.8) is 0 Å². The first kappa shape index (κ1) is 17.6. The summed E-state index contributed by atoms with van der Waals surface area (Å²) < 4.78 is 5.60. The van der Waals surface area contributed by atoms with Crippen molar-refractivity contribution in [3.8, 4) is 11.6 Å². The number of pyridine rings is 1. The number of benzene rings is 1. The number of hydrogen-bond donors (Lipinski definition) is 1. The SMILES string of the molecule is Cc1cccc(Nc2ncnc(Oc3ccc(Cl)c(C)c3)c2[N+](=O)[O-])n1. The van der Waals surface area contributed by atoms with Gasteiger partial charge in [-0.3, -0.25) is 10.1 Å². The lowest BCUT2D eigenvalue weighted by molar-refractivity contribution is -0.385. The van der Waals surface area contributed by atoms with E-state index >= 15 is 0 Å². The second-order valence-corrected chi connectivity index (χ2v) is 5.84. The van der Waals surface area contributed by atoms with E-state index in [-0.39, 0.29) is 17.4 Å². The van der Waals surface area contributed by atoms with Crippen molar-refractivity contribution in [3.05, 3.63) is 69.1 Å². The minimum atomic E-state index is -0.601. The van der Waals surface area contributed by atoms with Gasteiger partial charge in [0.15, 0.2) is 0 Å². The van der Waals surface area contributed by atoms with Crippen LogP contribution in [0.15, 0.2) is 42.7 Å². The Morgan fingerprint density at radius 1 is 1.19 bits per heavy atom. The van der Waals surface area contributed by atoms with E-state index in [4.69, 9.17) is 16.3 Å². The lowest BCUT2D eigenvalue weighted by Crippen LogP contribution is -2.04. The van der Waals surface area contributed by atoms with E-state index in [2.05, 4.69) is 20.3 Å². The van der Waals surface area contributed by atoms with Gasteiger partial charge in [-0.1, -0.05) is 17.7 Å². The largest absolute Gasteiger partial charge is 0.434 e. The van der Waals surface area contributed by atoms with E-state index in [9.17, 15) is 10.1 Å². The second kappa shape index (κ2) is 7.32. The summed E-state index contributed by atoms with van der Waals surface area (Å²) in [5, 5.41) is 15.0. The average Bonchev–Trinajstić information content (AvgIpc) is 2.58. The molecule has 1 aromatic carbocycles. The van der Waals surface area contributed by atoms with Gasteiger partial charge in [0.2, 0.25) is 5.82 Å². The number of halogens is 1. The van der Waals surface area contributed by atoms with Crippen LogP contribution in [0, 0.1) is 24.0 Å². The van der Waals surface area contributed by atoms with Gasteiger partial charge < -0.3 is 10.1 Å². The topological polar surface area (TPSA) is 103 Å². The lowest BCUT2D eigenvalue weighted by Gasteiger charge is -2.10. The number of rotatable bonds is 5. The molecule has 3 rings (SSSR count). The van der Waals surface area contributed by atoms with Crippen LogP contribution in [-0.2, 0) is 0 Å². The van der Waals surface area contributed by atoms with E-state index in [1.165, 1.54) is 6.33 Å². The second-order valence-electron chi connectivity index (χ2n) is 5.44. The van der Waals surface area contributed by atoms with Crippen LogP contribution in [0.4, 0.5) is 17.3 Å². The third kappa shape index (κ3) is 3.86. The van der Waals surface area contributed by atoms with Gasteiger partial charge in [0.1, 0.15) is 17.9 Å². The zero-order valence-corrected chi connectivity index (χ0v) is 14.7. The molecular weight excluding hydrogens is 358 g/mol. The Bertz CT molecular complexity index is 980. The number of nitrogens with one attached hydrogen (secondary N) is 1. The number of ether oxygens (including phenoxy) is 1. The van der Waals surface area contributed by atoms with Gasteiger partial charge in [0.05, 0.1) is 4.92 Å². The molecule has 0 atom stereocenters. The molecule has 0 aliphatic carbocycles. The van der Waals surface area contributed by atoms with Crippen molar-refractivity contribution in [2.24, 2.45) is 0 Å². The molecule has 0 spiro atoms. The molecule has 2 heterocycles. The maximum Gasteiger partial charge on any atom is 0.373 e. The first-order chi connectivity index (χ1) is 12.4. The molecule has 0 bridgehead atoms. The van der Waals surface area contributed by atoms with Crippen LogP contribution >= 0.6 is 11.6 Å². The Labute approximate surface area is 154 Å². The van der Waals surface area contributed by atoms with E-state index in [0.717, 1.165) is 11.3 Å². The van der Waals surface area contributed by atoms with Gasteiger partial charge in [0.25, 0.3) is 0 Å². The smallest absolute Gasteiger partial charge is 0.373 e. The molecule has 0 saturated carbocycles. The average molecular weight is 372 g/mol. The monoisotopic (exact) mass is 371 g/mol. The van der Waals surface area contributed by atoms with Crippen molar-refractivity contribution < 1.29 is 9.66 Å². The minimum Gasteiger partial charge on any atom is -0.434 e. The van der Waals surface area contributed by atoms with Crippen LogP contribution < -0.4 is 10.1 Å². The highest BCUT2D eigenvalue weighted by Gasteiger charge is 2.25. The molecule has 0 unspecified atom stereocenters. The van der Waals surface area contributed by atoms with Crippen molar-refractivity contribution in [2.75, 3.05) is 5.32 Å². The highest BCUT2D eigenvalue weighted by molar-refractivity contribution is 6.31. The zero-order valence-electron chi connectivity index (χ0n) is 13.9. The molecule has 2 aromatic heterocycles. The fraction of sp³-hybridized carbons (Fsp3) is 0.118. The Morgan fingerprint density at radius 2 is 2.00 bits per heavy atom. The van der Waals surface area contributed by atoms with Gasteiger partial charge in [0, 0.05) is 10.7 Å². The van der Waals surface area contributed by atoms with Crippen molar-refractivity contribution in [1.82, 2.24) is 15.0 Å². The maximum absolute atomic E-state index is 11.6. The van der Waals surface area contributed by atoms with Gasteiger partial charge in [-0.25, -0.2) is 9.97 Å². The molecule has 0 saturated heterocycles. The fourth-order valence-corrected chi connectivity index (χ4v) is 2.34. The summed E-state index contributed by atoms with van der Waals surface area (Å²) in [6.07, 6.45) is 1.18. The molecule has 0 fully saturated rings. The third-order valence-corrected chi connectivity index (χ3v) is 3.87. The molecule has 132 valence electrons. The van der Waals surface area contributed by atoms with Crippen molar-refractivity contribution >= 4 is 28.9 Å². The molecule has 0 aliphatic rings. The molecule has 0 aliphatic heterocycles. The highest BCUT2D eigenvalue weighted by atomic mass is 35.5. The van der Waals surface area contributed by atoms with Crippen LogP contribution in [0.3, 0.4) is 0 Å². The third-order valence-electron chi connectivity index (χ3n) is 3.45. The molecule has 26 heavy (non-hydrogen) atoms. The Morgan fingerprint density at radius 3 is 2.69 bits per heavy atom. The van der Waals surface area contributed by atoms with E-state index < -0.39 is 4.92 Å². The number of nitro groups is 1. The van der Waals surface area contributed by atoms with Gasteiger partial charge in [-0.05, 0) is 49.7 Å². The van der Waals surface area contributed by atoms with E-state index in [1.807, 2.05) is 13.0 Å². The maximum atomic E-state index is 11.6. The highest BCUT2D eigenvalue weighted by Crippen LogP contribution is 2.35. The standard InChI is InChI=1S/C17H14ClN5O3/c1-10-8-12(6-7-13(10)18)26-17-15(23(24)25)16(19-9-20-17)22-14-5-3-4-11(2)21-14/h3-9H,1-2H3,(H,19,20,21,22). The summed E-state index contributed by atoms with van der Waals surface area (Å²) in [4.78, 5) is 23.1. The Kier molecular flexibility index (Phi) is 4.94. The van der Waals surface area contributed by atoms with E-state index in [0.29, 0.717) is 16.6 Å². The molecule has 0 radical (unpaired) electrons. The molecule has 8 nitrogen and oxygen atoms in total. The molecule has 1 N–H and O–H groups in total. The van der Waals surface area contributed by atoms with Gasteiger partial charge in [-0.2, -0.15) is 4.98 Å². The summed E-state index contributed by atoms with van der Waals surface area (Å²) in [5.41, 5.74) is 1.16. The van der Waals surface area contributed by atoms with Crippen LogP contribution in [0.1, 0.15) is 11.3 Å². The number of nitrogens with zero attached hydrogens (tertiary/aromatic N) is 4. The fourth-order valence-electron chi connectivity index (χ4n) is 2.22. The summed E-state index contributed by atoms with van der Waals surface area (Å²) in [5.74, 6) is 0.624. The predicted molar refractivity (Wildman–Crippen MR) is 97.2 cm³/mol. The molecule has 9 heteroatoms. The van der Waals surface area contributed by atoms with E-state index in [1.54, 1.807) is 37.3 Å². The van der Waals surface area contributed by atoms with Crippen LogP contribution in [0.5, 0.6) is 11.6 Å². The summed E-state index contributed by atoms with van der Waals surface area (Å²) in [6.45, 7) is 3.62. The van der Waals surface area contributed by atoms with Gasteiger partial charge in [-0.15, -0.1) is 0 Å². The van der Waals surface area contributed by atoms with Crippen molar-refractivity contribution in [2.45, 2.75) is 13.8 Å². The van der Waals surface area contributed by atoms with Crippen molar-refractivity contribution in [1.29, 1.82) is 0 Å². The summed E-state index contributed by atoms with van der Waals surface area (Å²) >= 11 is 5.99. The molecular formula is C17H14ClN5O3. The Balaban J connectivity index is 1.98. The minimum absolute atomic E-state index is 0.0104. The van der Waals surface area contributed by atoms with Crippen LogP contribution in [0.2, 0.25) is 5.02 Å². The summed E-state index contributed by atoms with van der Waals surface area (Å²) in [7, 11) is 0. The molecule has 3 aromatic rings. The number of aryl methyl sites for hydroxylation is 2.